The second-order valence-electron chi connectivity index (χ2n) is 3.84. The van der Waals surface area contributed by atoms with Crippen molar-refractivity contribution < 1.29 is 9.50 Å². The lowest BCUT2D eigenvalue weighted by atomic mass is 10.1. The molecule has 0 aliphatic heterocycles. The molecule has 0 saturated carbocycles. The molecule has 88 valence electrons. The molecule has 0 bridgehead atoms. The SMILES string of the molecule is Cc1cc(CO)nc(Cc2ccccc2F)n1. The highest BCUT2D eigenvalue weighted by Crippen LogP contribution is 2.11. The Labute approximate surface area is 99.0 Å². The van der Waals surface area contributed by atoms with Gasteiger partial charge in [0.1, 0.15) is 11.6 Å². The summed E-state index contributed by atoms with van der Waals surface area (Å²) in [6.45, 7) is 1.69. The average molecular weight is 232 g/mol. The second kappa shape index (κ2) is 5.01. The number of aromatic nitrogens is 2. The number of rotatable bonds is 3. The first-order chi connectivity index (χ1) is 8.19. The van der Waals surface area contributed by atoms with E-state index in [-0.39, 0.29) is 12.4 Å². The van der Waals surface area contributed by atoms with Crippen molar-refractivity contribution >= 4 is 0 Å². The van der Waals surface area contributed by atoms with Crippen molar-refractivity contribution in [2.24, 2.45) is 0 Å². The van der Waals surface area contributed by atoms with E-state index in [4.69, 9.17) is 5.11 Å². The van der Waals surface area contributed by atoms with Crippen LogP contribution in [0.1, 0.15) is 22.8 Å². The van der Waals surface area contributed by atoms with Crippen LogP contribution in [0.25, 0.3) is 0 Å². The average Bonchev–Trinajstić information content (AvgIpc) is 2.31. The van der Waals surface area contributed by atoms with Gasteiger partial charge in [-0.05, 0) is 24.6 Å². The Balaban J connectivity index is 2.30. The van der Waals surface area contributed by atoms with Crippen molar-refractivity contribution in [1.82, 2.24) is 9.97 Å². The first-order valence-corrected chi connectivity index (χ1v) is 5.36. The number of benzene rings is 1. The van der Waals surface area contributed by atoms with Crippen LogP contribution in [-0.2, 0) is 13.0 Å². The summed E-state index contributed by atoms with van der Waals surface area (Å²) in [5.41, 5.74) is 1.89. The van der Waals surface area contributed by atoms with Crippen molar-refractivity contribution in [3.8, 4) is 0 Å². The van der Waals surface area contributed by atoms with Gasteiger partial charge in [-0.25, -0.2) is 14.4 Å². The Morgan fingerprint density at radius 2 is 2.00 bits per heavy atom. The number of aryl methyl sites for hydroxylation is 1. The Hall–Kier alpha value is -1.81. The van der Waals surface area contributed by atoms with Gasteiger partial charge in [0.25, 0.3) is 0 Å². The largest absolute Gasteiger partial charge is 0.390 e. The molecule has 1 heterocycles. The van der Waals surface area contributed by atoms with Crippen LogP contribution in [0, 0.1) is 12.7 Å². The molecule has 0 aliphatic carbocycles. The number of aliphatic hydroxyl groups is 1. The van der Waals surface area contributed by atoms with Crippen LogP contribution in [0.5, 0.6) is 0 Å². The van der Waals surface area contributed by atoms with Gasteiger partial charge in [0.05, 0.1) is 12.3 Å². The maximum Gasteiger partial charge on any atom is 0.133 e. The Morgan fingerprint density at radius 3 is 2.71 bits per heavy atom. The van der Waals surface area contributed by atoms with Gasteiger partial charge in [-0.2, -0.15) is 0 Å². The molecule has 17 heavy (non-hydrogen) atoms. The molecule has 0 saturated heterocycles. The summed E-state index contributed by atoms with van der Waals surface area (Å²) in [5.74, 6) is 0.266. The van der Waals surface area contributed by atoms with Gasteiger partial charge in [-0.15, -0.1) is 0 Å². The number of hydrogen-bond donors (Lipinski definition) is 1. The molecule has 0 aliphatic rings. The first kappa shape index (κ1) is 11.7. The Kier molecular flexibility index (Phi) is 3.44. The van der Waals surface area contributed by atoms with E-state index in [0.29, 0.717) is 23.5 Å². The number of nitrogens with zero attached hydrogens (tertiary/aromatic N) is 2. The summed E-state index contributed by atoms with van der Waals surface area (Å²) in [5, 5.41) is 9.04. The fourth-order valence-corrected chi connectivity index (χ4v) is 1.67. The summed E-state index contributed by atoms with van der Waals surface area (Å²) in [7, 11) is 0. The molecule has 0 radical (unpaired) electrons. The predicted molar refractivity (Wildman–Crippen MR) is 61.9 cm³/mol. The number of halogens is 1. The van der Waals surface area contributed by atoms with E-state index in [0.717, 1.165) is 5.69 Å². The highest BCUT2D eigenvalue weighted by atomic mass is 19.1. The Morgan fingerprint density at radius 1 is 1.24 bits per heavy atom. The lowest BCUT2D eigenvalue weighted by Gasteiger charge is -2.05. The monoisotopic (exact) mass is 232 g/mol. The predicted octanol–water partition coefficient (Wildman–Crippen LogP) is 2.01. The second-order valence-corrected chi connectivity index (χ2v) is 3.84. The van der Waals surface area contributed by atoms with Crippen LogP contribution >= 0.6 is 0 Å². The number of hydrogen-bond acceptors (Lipinski definition) is 3. The van der Waals surface area contributed by atoms with Crippen molar-refractivity contribution in [3.05, 3.63) is 58.9 Å². The third-order valence-electron chi connectivity index (χ3n) is 2.42. The molecule has 0 unspecified atom stereocenters. The van der Waals surface area contributed by atoms with Crippen LogP contribution in [0.15, 0.2) is 30.3 Å². The fraction of sp³-hybridized carbons (Fsp3) is 0.231. The van der Waals surface area contributed by atoms with Crippen LogP contribution < -0.4 is 0 Å². The summed E-state index contributed by atoms with van der Waals surface area (Å²) >= 11 is 0. The molecular formula is C13H13FN2O. The smallest absolute Gasteiger partial charge is 0.133 e. The first-order valence-electron chi connectivity index (χ1n) is 5.36. The van der Waals surface area contributed by atoms with Gasteiger partial charge >= 0.3 is 0 Å². The standard InChI is InChI=1S/C13H13FN2O/c1-9-6-11(8-17)16-13(15-9)7-10-4-2-3-5-12(10)14/h2-6,17H,7-8H2,1H3. The van der Waals surface area contributed by atoms with Crippen molar-refractivity contribution in [2.45, 2.75) is 20.0 Å². The van der Waals surface area contributed by atoms with E-state index >= 15 is 0 Å². The molecule has 1 aromatic heterocycles. The van der Waals surface area contributed by atoms with Gasteiger partial charge in [-0.1, -0.05) is 18.2 Å². The van der Waals surface area contributed by atoms with Crippen LogP contribution in [0.4, 0.5) is 4.39 Å². The lowest BCUT2D eigenvalue weighted by Crippen LogP contribution is -2.03. The third kappa shape index (κ3) is 2.85. The molecule has 3 nitrogen and oxygen atoms in total. The van der Waals surface area contributed by atoms with Gasteiger partial charge in [0.2, 0.25) is 0 Å². The quantitative estimate of drug-likeness (QED) is 0.880. The topological polar surface area (TPSA) is 46.0 Å². The summed E-state index contributed by atoms with van der Waals surface area (Å²) < 4.78 is 13.5. The molecule has 2 rings (SSSR count). The molecule has 2 aromatic rings. The van der Waals surface area contributed by atoms with Gasteiger partial charge in [-0.3, -0.25) is 0 Å². The molecule has 0 amide bonds. The van der Waals surface area contributed by atoms with Crippen molar-refractivity contribution in [2.75, 3.05) is 0 Å². The third-order valence-corrected chi connectivity index (χ3v) is 2.42. The lowest BCUT2D eigenvalue weighted by molar-refractivity contribution is 0.276. The van der Waals surface area contributed by atoms with E-state index in [2.05, 4.69) is 9.97 Å². The normalized spacial score (nSPS) is 10.5. The highest BCUT2D eigenvalue weighted by Gasteiger charge is 2.06. The van der Waals surface area contributed by atoms with Crippen LogP contribution in [0.3, 0.4) is 0 Å². The zero-order chi connectivity index (χ0) is 12.3. The molecule has 1 aromatic carbocycles. The Bertz CT molecular complexity index is 529. The van der Waals surface area contributed by atoms with Gasteiger partial charge in [0, 0.05) is 12.1 Å². The zero-order valence-corrected chi connectivity index (χ0v) is 9.52. The van der Waals surface area contributed by atoms with Crippen molar-refractivity contribution in [3.63, 3.8) is 0 Å². The number of aliphatic hydroxyl groups excluding tert-OH is 1. The fourth-order valence-electron chi connectivity index (χ4n) is 1.67. The van der Waals surface area contributed by atoms with E-state index in [1.165, 1.54) is 6.07 Å². The van der Waals surface area contributed by atoms with Gasteiger partial charge < -0.3 is 5.11 Å². The summed E-state index contributed by atoms with van der Waals surface area (Å²) in [4.78, 5) is 8.39. The van der Waals surface area contributed by atoms with Crippen LogP contribution in [0.2, 0.25) is 0 Å². The maximum absolute atomic E-state index is 13.5. The maximum atomic E-state index is 13.5. The molecular weight excluding hydrogens is 219 g/mol. The highest BCUT2D eigenvalue weighted by molar-refractivity contribution is 5.22. The molecule has 4 heteroatoms. The molecule has 0 fully saturated rings. The zero-order valence-electron chi connectivity index (χ0n) is 9.52. The summed E-state index contributed by atoms with van der Waals surface area (Å²) in [6, 6.07) is 8.26. The van der Waals surface area contributed by atoms with E-state index in [9.17, 15) is 4.39 Å². The minimum absolute atomic E-state index is 0.131. The molecule has 1 N–H and O–H groups in total. The van der Waals surface area contributed by atoms with Crippen LogP contribution in [-0.4, -0.2) is 15.1 Å². The van der Waals surface area contributed by atoms with Gasteiger partial charge in [0.15, 0.2) is 0 Å². The van der Waals surface area contributed by atoms with Crippen molar-refractivity contribution in [1.29, 1.82) is 0 Å². The minimum Gasteiger partial charge on any atom is -0.390 e. The molecule has 0 atom stereocenters. The van der Waals surface area contributed by atoms with E-state index in [1.54, 1.807) is 24.3 Å². The van der Waals surface area contributed by atoms with E-state index in [1.807, 2.05) is 6.92 Å². The summed E-state index contributed by atoms with van der Waals surface area (Å²) in [6.07, 6.45) is 0.335. The minimum atomic E-state index is -0.261. The molecule has 0 spiro atoms. The van der Waals surface area contributed by atoms with E-state index < -0.39 is 0 Å².